The van der Waals surface area contributed by atoms with E-state index in [-0.39, 0.29) is 11.9 Å². The smallest absolute Gasteiger partial charge is 0.225 e. The minimum Gasteiger partial charge on any atom is -0.496 e. The molecule has 0 aliphatic heterocycles. The third-order valence-electron chi connectivity index (χ3n) is 4.67. The van der Waals surface area contributed by atoms with Gasteiger partial charge in [-0.3, -0.25) is 4.79 Å². The Morgan fingerprint density at radius 3 is 2.22 bits per heavy atom. The second-order valence-electron chi connectivity index (χ2n) is 6.80. The number of hydrogen-bond acceptors (Lipinski definition) is 2. The third-order valence-corrected chi connectivity index (χ3v) is 4.67. The van der Waals surface area contributed by atoms with Gasteiger partial charge in [0.25, 0.3) is 0 Å². The minimum atomic E-state index is -0.168. The lowest BCUT2D eigenvalue weighted by Crippen LogP contribution is -2.30. The molecule has 0 spiro atoms. The van der Waals surface area contributed by atoms with Crippen molar-refractivity contribution in [2.24, 2.45) is 0 Å². The first-order chi connectivity index (χ1) is 13.1. The average molecular weight is 359 g/mol. The zero-order chi connectivity index (χ0) is 19.2. The summed E-state index contributed by atoms with van der Waals surface area (Å²) >= 11 is 0. The van der Waals surface area contributed by atoms with Crippen LogP contribution in [0.3, 0.4) is 0 Å². The van der Waals surface area contributed by atoms with Gasteiger partial charge >= 0.3 is 0 Å². The van der Waals surface area contributed by atoms with Crippen molar-refractivity contribution in [1.29, 1.82) is 0 Å². The first-order valence-corrected chi connectivity index (χ1v) is 9.11. The van der Waals surface area contributed by atoms with E-state index in [1.165, 1.54) is 5.56 Å². The number of nitrogens with one attached hydrogen (secondary N) is 1. The molecule has 1 amide bonds. The molecule has 1 N–H and O–H groups in total. The molecule has 0 fully saturated rings. The first kappa shape index (κ1) is 18.7. The van der Waals surface area contributed by atoms with Crippen LogP contribution >= 0.6 is 0 Å². The monoisotopic (exact) mass is 359 g/mol. The quantitative estimate of drug-likeness (QED) is 0.689. The number of carbonyl (C=O) groups excluding carboxylic acids is 1. The van der Waals surface area contributed by atoms with Crippen molar-refractivity contribution in [2.45, 2.75) is 26.3 Å². The predicted octanol–water partition coefficient (Wildman–Crippen LogP) is 4.76. The lowest BCUT2D eigenvalue weighted by molar-refractivity contribution is -0.120. The summed E-state index contributed by atoms with van der Waals surface area (Å²) < 4.78 is 5.29. The molecule has 0 radical (unpaired) electrons. The Hall–Kier alpha value is -3.07. The van der Waals surface area contributed by atoms with Crippen LogP contribution in [0.2, 0.25) is 0 Å². The lowest BCUT2D eigenvalue weighted by Gasteiger charge is -2.20. The molecule has 0 saturated heterocycles. The molecule has 0 aromatic heterocycles. The van der Waals surface area contributed by atoms with Gasteiger partial charge in [-0.2, -0.15) is 0 Å². The van der Waals surface area contributed by atoms with Gasteiger partial charge in [0.1, 0.15) is 5.75 Å². The van der Waals surface area contributed by atoms with Gasteiger partial charge in [-0.25, -0.2) is 0 Å². The summed E-state index contributed by atoms with van der Waals surface area (Å²) in [6.07, 6.45) is 0.333. The molecule has 1 atom stereocenters. The Kier molecular flexibility index (Phi) is 5.92. The molecule has 138 valence electrons. The second kappa shape index (κ2) is 8.54. The molecule has 3 aromatic carbocycles. The molecule has 27 heavy (non-hydrogen) atoms. The molecule has 3 rings (SSSR count). The fraction of sp³-hybridized carbons (Fsp3) is 0.208. The van der Waals surface area contributed by atoms with E-state index < -0.39 is 0 Å². The summed E-state index contributed by atoms with van der Waals surface area (Å²) in [5, 5.41) is 3.20. The van der Waals surface area contributed by atoms with Crippen molar-refractivity contribution >= 4 is 5.91 Å². The molecular formula is C24H25NO2. The first-order valence-electron chi connectivity index (χ1n) is 9.11. The zero-order valence-corrected chi connectivity index (χ0v) is 16.0. The molecule has 3 heteroatoms. The van der Waals surface area contributed by atoms with Crippen LogP contribution < -0.4 is 10.1 Å². The summed E-state index contributed by atoms with van der Waals surface area (Å²) in [6, 6.07) is 24.0. The van der Waals surface area contributed by atoms with Crippen molar-refractivity contribution in [3.63, 3.8) is 0 Å². The van der Waals surface area contributed by atoms with E-state index in [1.807, 2.05) is 55.5 Å². The van der Waals surface area contributed by atoms with Crippen molar-refractivity contribution in [2.75, 3.05) is 7.11 Å². The number of aryl methyl sites for hydroxylation is 2. The molecule has 0 aliphatic rings. The number of carbonyl (C=O) groups is 1. The number of amides is 1. The van der Waals surface area contributed by atoms with Crippen LogP contribution in [0.4, 0.5) is 0 Å². The van der Waals surface area contributed by atoms with Crippen molar-refractivity contribution in [1.82, 2.24) is 5.32 Å². The van der Waals surface area contributed by atoms with Crippen molar-refractivity contribution < 1.29 is 9.53 Å². The maximum Gasteiger partial charge on any atom is 0.225 e. The summed E-state index contributed by atoms with van der Waals surface area (Å²) in [4.78, 5) is 12.8. The standard InChI is InChI=1S/C24H25NO2/c1-17-9-12-21(13-10-17)24(20-7-5-4-6-8-20)25-23(26)16-19-11-14-22(27-3)18(2)15-19/h4-15,24H,16H2,1-3H3,(H,25,26). The molecular weight excluding hydrogens is 334 g/mol. The van der Waals surface area contributed by atoms with Crippen LogP contribution in [0.25, 0.3) is 0 Å². The van der Waals surface area contributed by atoms with Crippen LogP contribution in [0.15, 0.2) is 72.8 Å². The SMILES string of the molecule is COc1ccc(CC(=O)NC(c2ccccc2)c2ccc(C)cc2)cc1C. The lowest BCUT2D eigenvalue weighted by atomic mass is 9.97. The van der Waals surface area contributed by atoms with E-state index in [0.717, 1.165) is 28.0 Å². The van der Waals surface area contributed by atoms with Gasteiger partial charge in [-0.15, -0.1) is 0 Å². The van der Waals surface area contributed by atoms with E-state index in [0.29, 0.717) is 6.42 Å². The summed E-state index contributed by atoms with van der Waals surface area (Å²) in [5.74, 6) is 0.829. The molecule has 0 saturated carbocycles. The van der Waals surface area contributed by atoms with Crippen molar-refractivity contribution in [3.8, 4) is 5.75 Å². The largest absolute Gasteiger partial charge is 0.496 e. The van der Waals surface area contributed by atoms with E-state index in [1.54, 1.807) is 7.11 Å². The number of hydrogen-bond donors (Lipinski definition) is 1. The summed E-state index contributed by atoms with van der Waals surface area (Å²) in [7, 11) is 1.65. The van der Waals surface area contributed by atoms with E-state index >= 15 is 0 Å². The van der Waals surface area contributed by atoms with Gasteiger partial charge in [-0.1, -0.05) is 72.3 Å². The number of methoxy groups -OCH3 is 1. The Morgan fingerprint density at radius 1 is 0.926 bits per heavy atom. The Labute approximate surface area is 161 Å². The normalized spacial score (nSPS) is 11.7. The van der Waals surface area contributed by atoms with Crippen LogP contribution in [0.1, 0.15) is 33.9 Å². The highest BCUT2D eigenvalue weighted by Crippen LogP contribution is 2.23. The number of ether oxygens (including phenoxy) is 1. The van der Waals surface area contributed by atoms with Crippen molar-refractivity contribution in [3.05, 3.63) is 101 Å². The molecule has 3 nitrogen and oxygen atoms in total. The number of rotatable bonds is 6. The van der Waals surface area contributed by atoms with E-state index in [9.17, 15) is 4.79 Å². The maximum atomic E-state index is 12.8. The van der Waals surface area contributed by atoms with Gasteiger partial charge in [-0.05, 0) is 42.2 Å². The van der Waals surface area contributed by atoms with Gasteiger partial charge in [0, 0.05) is 0 Å². The Morgan fingerprint density at radius 2 is 1.59 bits per heavy atom. The molecule has 0 aliphatic carbocycles. The van der Waals surface area contributed by atoms with Crippen LogP contribution in [0.5, 0.6) is 5.75 Å². The highest BCUT2D eigenvalue weighted by atomic mass is 16.5. The molecule has 0 bridgehead atoms. The van der Waals surface area contributed by atoms with E-state index in [2.05, 4.69) is 36.5 Å². The molecule has 1 unspecified atom stereocenters. The van der Waals surface area contributed by atoms with Gasteiger partial charge in [0.2, 0.25) is 5.91 Å². The van der Waals surface area contributed by atoms with Gasteiger partial charge in [0.15, 0.2) is 0 Å². The van der Waals surface area contributed by atoms with Crippen LogP contribution in [-0.2, 0) is 11.2 Å². The molecule has 0 heterocycles. The Balaban J connectivity index is 1.80. The molecule has 3 aromatic rings. The predicted molar refractivity (Wildman–Crippen MR) is 109 cm³/mol. The average Bonchev–Trinajstić information content (AvgIpc) is 2.68. The highest BCUT2D eigenvalue weighted by molar-refractivity contribution is 5.79. The number of benzene rings is 3. The highest BCUT2D eigenvalue weighted by Gasteiger charge is 2.17. The van der Waals surface area contributed by atoms with Crippen LogP contribution in [0, 0.1) is 13.8 Å². The minimum absolute atomic E-state index is 0.00556. The van der Waals surface area contributed by atoms with Crippen LogP contribution in [-0.4, -0.2) is 13.0 Å². The van der Waals surface area contributed by atoms with E-state index in [4.69, 9.17) is 4.74 Å². The summed E-state index contributed by atoms with van der Waals surface area (Å²) in [6.45, 7) is 4.05. The van der Waals surface area contributed by atoms with Gasteiger partial charge in [0.05, 0.1) is 19.6 Å². The second-order valence-corrected chi connectivity index (χ2v) is 6.80. The fourth-order valence-electron chi connectivity index (χ4n) is 3.21. The fourth-order valence-corrected chi connectivity index (χ4v) is 3.21. The third kappa shape index (κ3) is 4.76. The maximum absolute atomic E-state index is 12.8. The Bertz CT molecular complexity index is 901. The topological polar surface area (TPSA) is 38.3 Å². The summed E-state index contributed by atoms with van der Waals surface area (Å²) in [5.41, 5.74) is 5.35. The zero-order valence-electron chi connectivity index (χ0n) is 16.0. The van der Waals surface area contributed by atoms with Gasteiger partial charge < -0.3 is 10.1 Å².